The van der Waals surface area contributed by atoms with Crippen molar-refractivity contribution < 1.29 is 24.3 Å². The van der Waals surface area contributed by atoms with Gasteiger partial charge in [-0.05, 0) is 0 Å². The number of non-ortho nitro benzene ring substituents is 1. The first-order valence-corrected chi connectivity index (χ1v) is 5.33. The molecule has 0 atom stereocenters. The summed E-state index contributed by atoms with van der Waals surface area (Å²) in [4.78, 5) is 21.9. The average molecular weight is 270 g/mol. The molecule has 1 aromatic rings. The summed E-state index contributed by atoms with van der Waals surface area (Å²) >= 11 is 0. The Hall–Kier alpha value is -2.35. The predicted molar refractivity (Wildman–Crippen MR) is 66.9 cm³/mol. The van der Waals surface area contributed by atoms with Gasteiger partial charge in [-0.15, -0.1) is 0 Å². The number of nitro benzene ring substituents is 1. The van der Waals surface area contributed by atoms with Gasteiger partial charge in [-0.1, -0.05) is 0 Å². The molecule has 0 saturated heterocycles. The van der Waals surface area contributed by atoms with Crippen LogP contribution >= 0.6 is 0 Å². The van der Waals surface area contributed by atoms with Gasteiger partial charge in [-0.25, -0.2) is 4.79 Å². The summed E-state index contributed by atoms with van der Waals surface area (Å²) in [7, 11) is 2.79. The molecule has 0 aliphatic rings. The molecule has 0 heterocycles. The molecule has 19 heavy (non-hydrogen) atoms. The van der Waals surface area contributed by atoms with Gasteiger partial charge in [0.2, 0.25) is 0 Å². The summed E-state index contributed by atoms with van der Waals surface area (Å²) in [6, 6.07) is 3.81. The second-order valence-corrected chi connectivity index (χ2v) is 3.63. The number of nitro groups is 1. The highest BCUT2D eigenvalue weighted by Gasteiger charge is 2.16. The molecule has 0 aromatic heterocycles. The topological polar surface area (TPSA) is 102 Å². The fourth-order valence-electron chi connectivity index (χ4n) is 1.30. The zero-order chi connectivity index (χ0) is 14.4. The lowest BCUT2D eigenvalue weighted by Crippen LogP contribution is -2.23. The van der Waals surface area contributed by atoms with Crippen molar-refractivity contribution >= 4 is 17.5 Å². The van der Waals surface area contributed by atoms with E-state index in [0.29, 0.717) is 6.61 Å². The van der Waals surface area contributed by atoms with Crippen LogP contribution in [0.2, 0.25) is 0 Å². The maximum Gasteiger partial charge on any atom is 0.411 e. The van der Waals surface area contributed by atoms with E-state index < -0.39 is 11.0 Å². The van der Waals surface area contributed by atoms with Gasteiger partial charge in [0.1, 0.15) is 12.4 Å². The zero-order valence-corrected chi connectivity index (χ0v) is 10.5. The summed E-state index contributed by atoms with van der Waals surface area (Å²) in [5, 5.41) is 19.7. The summed E-state index contributed by atoms with van der Waals surface area (Å²) in [5.74, 6) is 0.217. The van der Waals surface area contributed by atoms with Crippen molar-refractivity contribution in [1.29, 1.82) is 0 Å². The summed E-state index contributed by atoms with van der Waals surface area (Å²) in [6.45, 7) is 0.542. The number of anilines is 1. The van der Waals surface area contributed by atoms with Gasteiger partial charge in [0.15, 0.2) is 0 Å². The molecular weight excluding hydrogens is 256 g/mol. The molecule has 0 radical (unpaired) electrons. The van der Waals surface area contributed by atoms with Crippen LogP contribution in [-0.2, 0) is 4.74 Å². The number of rotatable bonds is 6. The summed E-state index contributed by atoms with van der Waals surface area (Å²) in [6.07, 6.45) is -1.22. The Labute approximate surface area is 109 Å². The van der Waals surface area contributed by atoms with E-state index >= 15 is 0 Å². The number of methoxy groups -OCH3 is 1. The first kappa shape index (κ1) is 14.7. The number of hydrogen-bond donors (Lipinski definition) is 1. The molecule has 0 saturated carbocycles. The third-order valence-corrected chi connectivity index (χ3v) is 2.32. The quantitative estimate of drug-likeness (QED) is 0.479. The number of hydrogen-bond acceptors (Lipinski definition) is 5. The smallest absolute Gasteiger partial charge is 0.411 e. The molecular formula is C11H14N2O6. The van der Waals surface area contributed by atoms with Crippen LogP contribution in [0.3, 0.4) is 0 Å². The summed E-state index contributed by atoms with van der Waals surface area (Å²) < 4.78 is 10.1. The third kappa shape index (κ3) is 4.11. The van der Waals surface area contributed by atoms with Gasteiger partial charge in [-0.2, -0.15) is 0 Å². The summed E-state index contributed by atoms with van der Waals surface area (Å²) in [5.41, 5.74) is -0.0767. The minimum absolute atomic E-state index is 0.161. The first-order chi connectivity index (χ1) is 8.95. The number of carbonyl (C=O) groups is 1. The highest BCUT2D eigenvalue weighted by molar-refractivity contribution is 5.86. The van der Waals surface area contributed by atoms with Crippen molar-refractivity contribution in [2.45, 2.75) is 0 Å². The molecule has 0 fully saturated rings. The third-order valence-electron chi connectivity index (χ3n) is 2.32. The maximum atomic E-state index is 10.8. The molecule has 1 aromatic carbocycles. The molecule has 1 N–H and O–H groups in total. The SMILES string of the molecule is COCCOc1cc(N(C)C(=O)O)cc([N+](=O)[O-])c1. The predicted octanol–water partition coefficient (Wildman–Crippen LogP) is 1.73. The second-order valence-electron chi connectivity index (χ2n) is 3.63. The largest absolute Gasteiger partial charge is 0.491 e. The molecule has 1 amide bonds. The lowest BCUT2D eigenvalue weighted by Gasteiger charge is -2.14. The van der Waals surface area contributed by atoms with Crippen LogP contribution in [0.5, 0.6) is 5.75 Å². The van der Waals surface area contributed by atoms with E-state index in [-0.39, 0.29) is 23.7 Å². The van der Waals surface area contributed by atoms with Crippen LogP contribution in [0, 0.1) is 10.1 Å². The van der Waals surface area contributed by atoms with Gasteiger partial charge in [0.05, 0.1) is 23.3 Å². The number of nitrogens with zero attached hydrogens (tertiary/aromatic N) is 2. The van der Waals surface area contributed by atoms with Crippen LogP contribution in [0.4, 0.5) is 16.2 Å². The standard InChI is InChI=1S/C11H14N2O6/c1-12(11(14)15)8-5-9(13(16)17)7-10(6-8)19-4-3-18-2/h5-7H,3-4H2,1-2H3,(H,14,15). The van der Waals surface area contributed by atoms with Gasteiger partial charge >= 0.3 is 6.09 Å². The molecule has 1 rings (SSSR count). The van der Waals surface area contributed by atoms with Crippen LogP contribution in [-0.4, -0.2) is 43.5 Å². The fourth-order valence-corrected chi connectivity index (χ4v) is 1.30. The molecule has 0 spiro atoms. The van der Waals surface area contributed by atoms with Gasteiger partial charge in [0.25, 0.3) is 5.69 Å². The molecule has 104 valence electrons. The van der Waals surface area contributed by atoms with Crippen molar-refractivity contribution in [3.63, 3.8) is 0 Å². The fraction of sp³-hybridized carbons (Fsp3) is 0.364. The van der Waals surface area contributed by atoms with Crippen LogP contribution in [0.1, 0.15) is 0 Å². The molecule has 8 heteroatoms. The van der Waals surface area contributed by atoms with Crippen molar-refractivity contribution in [1.82, 2.24) is 0 Å². The van der Waals surface area contributed by atoms with Gasteiger partial charge in [-0.3, -0.25) is 15.0 Å². The highest BCUT2D eigenvalue weighted by Crippen LogP contribution is 2.28. The number of benzene rings is 1. The van der Waals surface area contributed by atoms with Crippen molar-refractivity contribution in [2.75, 3.05) is 32.3 Å². The lowest BCUT2D eigenvalue weighted by atomic mass is 10.2. The van der Waals surface area contributed by atoms with Crippen LogP contribution in [0.25, 0.3) is 0 Å². The molecule has 0 bridgehead atoms. The normalized spacial score (nSPS) is 10.0. The first-order valence-electron chi connectivity index (χ1n) is 5.33. The minimum Gasteiger partial charge on any atom is -0.491 e. The van der Waals surface area contributed by atoms with E-state index in [1.165, 1.54) is 26.3 Å². The highest BCUT2D eigenvalue weighted by atomic mass is 16.6. The van der Waals surface area contributed by atoms with Crippen LogP contribution in [0.15, 0.2) is 18.2 Å². The van der Waals surface area contributed by atoms with E-state index in [2.05, 4.69) is 0 Å². The Balaban J connectivity index is 3.03. The van der Waals surface area contributed by atoms with Crippen LogP contribution < -0.4 is 9.64 Å². The Kier molecular flexibility index (Phi) is 5.07. The van der Waals surface area contributed by atoms with Crippen molar-refractivity contribution in [3.05, 3.63) is 28.3 Å². The Morgan fingerprint density at radius 3 is 2.63 bits per heavy atom. The minimum atomic E-state index is -1.22. The number of amides is 1. The number of ether oxygens (including phenoxy) is 2. The second kappa shape index (κ2) is 6.55. The molecule has 0 unspecified atom stereocenters. The number of carboxylic acid groups (broad SMARTS) is 1. The van der Waals surface area contributed by atoms with E-state index in [0.717, 1.165) is 11.0 Å². The maximum absolute atomic E-state index is 10.8. The van der Waals surface area contributed by atoms with Crippen molar-refractivity contribution in [3.8, 4) is 5.75 Å². The van der Waals surface area contributed by atoms with E-state index in [9.17, 15) is 14.9 Å². The Morgan fingerprint density at radius 1 is 1.42 bits per heavy atom. The van der Waals surface area contributed by atoms with E-state index in [1.807, 2.05) is 0 Å². The van der Waals surface area contributed by atoms with Crippen molar-refractivity contribution in [2.24, 2.45) is 0 Å². The Morgan fingerprint density at radius 2 is 2.11 bits per heavy atom. The molecule has 0 aliphatic carbocycles. The van der Waals surface area contributed by atoms with E-state index in [1.54, 1.807) is 0 Å². The van der Waals surface area contributed by atoms with Gasteiger partial charge in [0, 0.05) is 26.3 Å². The van der Waals surface area contributed by atoms with Gasteiger partial charge < -0.3 is 14.6 Å². The van der Waals surface area contributed by atoms with E-state index in [4.69, 9.17) is 14.6 Å². The zero-order valence-electron chi connectivity index (χ0n) is 10.5. The average Bonchev–Trinajstić information content (AvgIpc) is 2.37. The Bertz CT molecular complexity index is 476. The molecule has 8 nitrogen and oxygen atoms in total. The monoisotopic (exact) mass is 270 g/mol. The lowest BCUT2D eigenvalue weighted by molar-refractivity contribution is -0.384. The molecule has 0 aliphatic heterocycles.